The number of rotatable bonds is 6. The van der Waals surface area contributed by atoms with Gasteiger partial charge in [0.2, 0.25) is 0 Å². The summed E-state index contributed by atoms with van der Waals surface area (Å²) in [7, 11) is 1.44. The number of ether oxygens (including phenoxy) is 1. The number of thioether (sulfide) groups is 1. The maximum Gasteiger partial charge on any atom is 0.418 e. The number of nitrogens with one attached hydrogen (secondary N) is 1. The first-order valence-corrected chi connectivity index (χ1v) is 9.85. The molecule has 0 aromatic heterocycles. The van der Waals surface area contributed by atoms with E-state index in [-0.39, 0.29) is 16.5 Å². The second-order valence-electron chi connectivity index (χ2n) is 5.84. The zero-order valence-electron chi connectivity index (χ0n) is 15.0. The van der Waals surface area contributed by atoms with Gasteiger partial charge in [0, 0.05) is 14.6 Å². The molecule has 0 aliphatic carbocycles. The Balaban J connectivity index is 2.36. The molecule has 8 heteroatoms. The molecule has 2 aromatic rings. The lowest BCUT2D eigenvalue weighted by Crippen LogP contribution is -2.17. The molecule has 1 amide bonds. The lowest BCUT2D eigenvalue weighted by Gasteiger charge is -2.17. The molecule has 0 aliphatic rings. The number of hydrogen-bond acceptors (Lipinski definition) is 3. The summed E-state index contributed by atoms with van der Waals surface area (Å²) in [6, 6.07) is 8.65. The van der Waals surface area contributed by atoms with E-state index in [0.29, 0.717) is 15.1 Å². The summed E-state index contributed by atoms with van der Waals surface area (Å²) in [5.74, 6) is -0.228. The molecule has 1 atom stereocenters. The van der Waals surface area contributed by atoms with Gasteiger partial charge in [0.05, 0.1) is 23.9 Å². The van der Waals surface area contributed by atoms with Crippen LogP contribution in [0.1, 0.15) is 36.2 Å². The van der Waals surface area contributed by atoms with Crippen molar-refractivity contribution in [2.45, 2.75) is 36.6 Å². The van der Waals surface area contributed by atoms with Crippen LogP contribution in [0.25, 0.3) is 0 Å². The van der Waals surface area contributed by atoms with Crippen molar-refractivity contribution in [1.29, 1.82) is 0 Å². The van der Waals surface area contributed by atoms with Crippen LogP contribution in [0.15, 0.2) is 45.8 Å². The summed E-state index contributed by atoms with van der Waals surface area (Å²) < 4.78 is 46.1. The summed E-state index contributed by atoms with van der Waals surface area (Å²) in [5, 5.41) is 2.56. The summed E-state index contributed by atoms with van der Waals surface area (Å²) >= 11 is 4.60. The first-order valence-electron chi connectivity index (χ1n) is 8.18. The quantitative estimate of drug-likeness (QED) is 0.491. The summed E-state index contributed by atoms with van der Waals surface area (Å²) in [6.07, 6.45) is -3.74. The van der Waals surface area contributed by atoms with Gasteiger partial charge in [-0.15, -0.1) is 11.8 Å². The third kappa shape index (κ3) is 5.65. The predicted molar refractivity (Wildman–Crippen MR) is 106 cm³/mol. The number of hydrogen-bond donors (Lipinski definition) is 1. The van der Waals surface area contributed by atoms with Crippen molar-refractivity contribution < 1.29 is 22.7 Å². The average molecular weight is 462 g/mol. The van der Waals surface area contributed by atoms with Gasteiger partial charge in [-0.1, -0.05) is 13.8 Å². The van der Waals surface area contributed by atoms with Crippen molar-refractivity contribution in [3.63, 3.8) is 0 Å². The van der Waals surface area contributed by atoms with Crippen LogP contribution in [0.4, 0.5) is 18.9 Å². The molecule has 0 bridgehead atoms. The average Bonchev–Trinajstić information content (AvgIpc) is 2.62. The summed E-state index contributed by atoms with van der Waals surface area (Å²) in [4.78, 5) is 13.0. The molecule has 0 saturated heterocycles. The van der Waals surface area contributed by atoms with Gasteiger partial charge in [-0.25, -0.2) is 0 Å². The third-order valence-electron chi connectivity index (χ3n) is 3.87. The van der Waals surface area contributed by atoms with Crippen LogP contribution >= 0.6 is 27.7 Å². The van der Waals surface area contributed by atoms with Crippen LogP contribution in [0.3, 0.4) is 0 Å². The molecule has 2 aromatic carbocycles. The van der Waals surface area contributed by atoms with Crippen molar-refractivity contribution in [1.82, 2.24) is 0 Å². The molecule has 3 nitrogen and oxygen atoms in total. The van der Waals surface area contributed by atoms with Gasteiger partial charge in [0.25, 0.3) is 5.91 Å². The Morgan fingerprint density at radius 1 is 1.26 bits per heavy atom. The normalized spacial score (nSPS) is 12.6. The molecule has 146 valence electrons. The number of methoxy groups -OCH3 is 1. The highest BCUT2D eigenvalue weighted by Gasteiger charge is 2.34. The van der Waals surface area contributed by atoms with E-state index in [2.05, 4.69) is 21.2 Å². The van der Waals surface area contributed by atoms with Crippen LogP contribution in [0, 0.1) is 0 Å². The Labute approximate surface area is 168 Å². The number of halogens is 4. The Bertz CT molecular complexity index is 827. The lowest BCUT2D eigenvalue weighted by atomic mass is 10.1. The molecular formula is C19H19BrF3NO2S. The van der Waals surface area contributed by atoms with E-state index in [0.717, 1.165) is 12.5 Å². The van der Waals surface area contributed by atoms with Gasteiger partial charge in [0.1, 0.15) is 5.75 Å². The number of anilines is 1. The first kappa shape index (κ1) is 21.6. The first-order chi connectivity index (χ1) is 12.7. The minimum Gasteiger partial charge on any atom is -0.497 e. The fourth-order valence-corrected chi connectivity index (χ4v) is 3.64. The fourth-order valence-electron chi connectivity index (χ4n) is 2.25. The van der Waals surface area contributed by atoms with E-state index in [1.807, 2.05) is 13.8 Å². The zero-order valence-corrected chi connectivity index (χ0v) is 17.4. The van der Waals surface area contributed by atoms with Gasteiger partial charge >= 0.3 is 6.18 Å². The molecule has 1 unspecified atom stereocenters. The highest BCUT2D eigenvalue weighted by atomic mass is 79.9. The third-order valence-corrected chi connectivity index (χ3v) is 5.83. The van der Waals surface area contributed by atoms with Crippen LogP contribution in [-0.2, 0) is 6.18 Å². The van der Waals surface area contributed by atoms with E-state index < -0.39 is 17.6 Å². The number of amides is 1. The highest BCUT2D eigenvalue weighted by molar-refractivity contribution is 9.10. The minimum atomic E-state index is -4.58. The standard InChI is InChI=1S/C19H19BrF3NO2S/c1-4-11(2)27-13-6-8-17(15(10-13)19(21,22)23)24-18(25)14-9-12(26-3)5-7-16(14)20/h5-11H,4H2,1-3H3,(H,24,25). The smallest absolute Gasteiger partial charge is 0.418 e. The molecule has 0 radical (unpaired) electrons. The number of alkyl halides is 3. The summed E-state index contributed by atoms with van der Waals surface area (Å²) in [6.45, 7) is 3.93. The topological polar surface area (TPSA) is 38.3 Å². The second-order valence-corrected chi connectivity index (χ2v) is 8.21. The molecule has 0 saturated carbocycles. The highest BCUT2D eigenvalue weighted by Crippen LogP contribution is 2.38. The van der Waals surface area contributed by atoms with Crippen LogP contribution < -0.4 is 10.1 Å². The number of benzene rings is 2. The van der Waals surface area contributed by atoms with Gasteiger partial charge in [-0.2, -0.15) is 13.2 Å². The second kappa shape index (κ2) is 9.01. The molecule has 2 rings (SSSR count). The fraction of sp³-hybridized carbons (Fsp3) is 0.316. The van der Waals surface area contributed by atoms with Gasteiger partial charge < -0.3 is 10.1 Å². The van der Waals surface area contributed by atoms with Crippen molar-refractivity contribution in [3.05, 3.63) is 52.0 Å². The molecule has 0 heterocycles. The number of carbonyl (C=O) groups is 1. The molecule has 0 spiro atoms. The van der Waals surface area contributed by atoms with E-state index in [1.54, 1.807) is 18.2 Å². The van der Waals surface area contributed by atoms with Crippen molar-refractivity contribution in [3.8, 4) is 5.75 Å². The minimum absolute atomic E-state index is 0.181. The SMILES string of the molecule is CCC(C)Sc1ccc(NC(=O)c2cc(OC)ccc2Br)c(C(F)(F)F)c1. The lowest BCUT2D eigenvalue weighted by molar-refractivity contribution is -0.137. The van der Waals surface area contributed by atoms with E-state index >= 15 is 0 Å². The van der Waals surface area contributed by atoms with Gasteiger partial charge in [0.15, 0.2) is 0 Å². The molecular weight excluding hydrogens is 443 g/mol. The maximum absolute atomic E-state index is 13.5. The van der Waals surface area contributed by atoms with E-state index in [9.17, 15) is 18.0 Å². The maximum atomic E-state index is 13.5. The van der Waals surface area contributed by atoms with Crippen LogP contribution in [0.2, 0.25) is 0 Å². The Morgan fingerprint density at radius 2 is 1.96 bits per heavy atom. The van der Waals surface area contributed by atoms with Crippen LogP contribution in [-0.4, -0.2) is 18.3 Å². The van der Waals surface area contributed by atoms with Crippen molar-refractivity contribution in [2.24, 2.45) is 0 Å². The van der Waals surface area contributed by atoms with Crippen LogP contribution in [0.5, 0.6) is 5.75 Å². The predicted octanol–water partition coefficient (Wildman–Crippen LogP) is 6.62. The Kier molecular flexibility index (Phi) is 7.22. The van der Waals surface area contributed by atoms with E-state index in [4.69, 9.17) is 4.74 Å². The number of carbonyl (C=O) groups excluding carboxylic acids is 1. The monoisotopic (exact) mass is 461 g/mol. The largest absolute Gasteiger partial charge is 0.497 e. The van der Waals surface area contributed by atoms with E-state index in [1.165, 1.54) is 31.0 Å². The molecule has 1 N–H and O–H groups in total. The van der Waals surface area contributed by atoms with Gasteiger partial charge in [-0.3, -0.25) is 4.79 Å². The van der Waals surface area contributed by atoms with Gasteiger partial charge in [-0.05, 0) is 58.7 Å². The molecule has 0 aliphatic heterocycles. The van der Waals surface area contributed by atoms with Crippen molar-refractivity contribution in [2.75, 3.05) is 12.4 Å². The van der Waals surface area contributed by atoms with Crippen molar-refractivity contribution >= 4 is 39.3 Å². The zero-order chi connectivity index (χ0) is 20.2. The summed E-state index contributed by atoms with van der Waals surface area (Å²) in [5.41, 5.74) is -0.973. The Hall–Kier alpha value is -1.67. The molecule has 27 heavy (non-hydrogen) atoms. The molecule has 0 fully saturated rings. The Morgan fingerprint density at radius 3 is 2.56 bits per heavy atom.